The Morgan fingerprint density at radius 3 is 2.68 bits per heavy atom. The SMILES string of the molecule is COc1ccc(/C=N/NC(=O)COc2ccc(Br)cc2)cc1[N+](=O)[O-]. The number of nitrogens with one attached hydrogen (secondary N) is 1. The molecule has 0 spiro atoms. The van der Waals surface area contributed by atoms with E-state index in [9.17, 15) is 14.9 Å². The number of nitrogens with zero attached hydrogens (tertiary/aromatic N) is 2. The molecule has 130 valence electrons. The van der Waals surface area contributed by atoms with Crippen molar-refractivity contribution in [2.45, 2.75) is 0 Å². The molecule has 9 heteroatoms. The predicted octanol–water partition coefficient (Wildman–Crippen LogP) is 2.90. The maximum Gasteiger partial charge on any atom is 0.311 e. The molecule has 0 saturated heterocycles. The molecule has 0 heterocycles. The standard InChI is InChI=1S/C16H14BrN3O5/c1-24-15-7-2-11(8-14(15)20(22)23)9-18-19-16(21)10-25-13-5-3-12(17)4-6-13/h2-9H,10H2,1H3,(H,19,21)/b18-9+. The molecule has 1 amide bonds. The minimum atomic E-state index is -0.555. The Morgan fingerprint density at radius 2 is 2.04 bits per heavy atom. The first-order chi connectivity index (χ1) is 12.0. The lowest BCUT2D eigenvalue weighted by molar-refractivity contribution is -0.385. The van der Waals surface area contributed by atoms with E-state index >= 15 is 0 Å². The fourth-order valence-corrected chi connectivity index (χ4v) is 2.09. The van der Waals surface area contributed by atoms with Gasteiger partial charge in [0, 0.05) is 16.1 Å². The maximum absolute atomic E-state index is 11.7. The monoisotopic (exact) mass is 407 g/mol. The zero-order chi connectivity index (χ0) is 18.2. The van der Waals surface area contributed by atoms with Crippen molar-refractivity contribution < 1.29 is 19.2 Å². The molecule has 0 aliphatic heterocycles. The van der Waals surface area contributed by atoms with Crippen LogP contribution < -0.4 is 14.9 Å². The lowest BCUT2D eigenvalue weighted by atomic mass is 10.2. The number of amides is 1. The number of hydrazone groups is 1. The summed E-state index contributed by atoms with van der Waals surface area (Å²) < 4.78 is 11.1. The molecule has 0 aliphatic carbocycles. The summed E-state index contributed by atoms with van der Waals surface area (Å²) in [6.45, 7) is -0.207. The van der Waals surface area contributed by atoms with E-state index in [4.69, 9.17) is 9.47 Å². The molecule has 0 aromatic heterocycles. The molecule has 2 rings (SSSR count). The van der Waals surface area contributed by atoms with Crippen LogP contribution in [0.3, 0.4) is 0 Å². The lowest BCUT2D eigenvalue weighted by Gasteiger charge is -2.05. The van der Waals surface area contributed by atoms with Gasteiger partial charge in [-0.15, -0.1) is 0 Å². The summed E-state index contributed by atoms with van der Waals surface area (Å²) in [6, 6.07) is 11.4. The smallest absolute Gasteiger partial charge is 0.311 e. The molecular formula is C16H14BrN3O5. The van der Waals surface area contributed by atoms with E-state index in [-0.39, 0.29) is 18.0 Å². The van der Waals surface area contributed by atoms with Crippen molar-refractivity contribution in [1.29, 1.82) is 0 Å². The van der Waals surface area contributed by atoms with Crippen LogP contribution in [0.15, 0.2) is 52.0 Å². The van der Waals surface area contributed by atoms with Gasteiger partial charge in [-0.2, -0.15) is 5.10 Å². The first-order valence-electron chi connectivity index (χ1n) is 7.02. The van der Waals surface area contributed by atoms with Crippen molar-refractivity contribution in [3.63, 3.8) is 0 Å². The van der Waals surface area contributed by atoms with Gasteiger partial charge in [-0.05, 0) is 36.4 Å². The second-order valence-electron chi connectivity index (χ2n) is 4.72. The van der Waals surface area contributed by atoms with E-state index < -0.39 is 10.8 Å². The molecular weight excluding hydrogens is 394 g/mol. The largest absolute Gasteiger partial charge is 0.490 e. The average Bonchev–Trinajstić information content (AvgIpc) is 2.61. The molecule has 0 radical (unpaired) electrons. The molecule has 0 atom stereocenters. The minimum Gasteiger partial charge on any atom is -0.490 e. The molecule has 2 aromatic carbocycles. The summed E-state index contributed by atoms with van der Waals surface area (Å²) in [6.07, 6.45) is 1.30. The Bertz CT molecular complexity index is 793. The third-order valence-corrected chi connectivity index (χ3v) is 3.51. The van der Waals surface area contributed by atoms with Gasteiger partial charge < -0.3 is 9.47 Å². The van der Waals surface area contributed by atoms with Gasteiger partial charge in [-0.1, -0.05) is 15.9 Å². The number of ether oxygens (including phenoxy) is 2. The highest BCUT2D eigenvalue weighted by molar-refractivity contribution is 9.10. The molecule has 0 bridgehead atoms. The highest BCUT2D eigenvalue weighted by Crippen LogP contribution is 2.26. The second kappa shape index (κ2) is 8.78. The van der Waals surface area contributed by atoms with Crippen LogP contribution in [0.25, 0.3) is 0 Å². The summed E-state index contributed by atoms with van der Waals surface area (Å²) in [5.74, 6) is 0.240. The Kier molecular flexibility index (Phi) is 6.47. The third kappa shape index (κ3) is 5.57. The van der Waals surface area contributed by atoms with Crippen LogP contribution >= 0.6 is 15.9 Å². The van der Waals surface area contributed by atoms with E-state index in [1.54, 1.807) is 30.3 Å². The van der Waals surface area contributed by atoms with Gasteiger partial charge in [0.1, 0.15) is 5.75 Å². The highest BCUT2D eigenvalue weighted by atomic mass is 79.9. The van der Waals surface area contributed by atoms with E-state index in [0.29, 0.717) is 11.3 Å². The summed E-state index contributed by atoms with van der Waals surface area (Å²) in [4.78, 5) is 22.1. The fourth-order valence-electron chi connectivity index (χ4n) is 1.82. The Morgan fingerprint density at radius 1 is 1.32 bits per heavy atom. The second-order valence-corrected chi connectivity index (χ2v) is 5.64. The molecule has 25 heavy (non-hydrogen) atoms. The highest BCUT2D eigenvalue weighted by Gasteiger charge is 2.14. The zero-order valence-corrected chi connectivity index (χ0v) is 14.7. The first kappa shape index (κ1) is 18.4. The molecule has 8 nitrogen and oxygen atoms in total. The van der Waals surface area contributed by atoms with Crippen LogP contribution in [0.1, 0.15) is 5.56 Å². The number of rotatable bonds is 7. The Hall–Kier alpha value is -2.94. The number of benzene rings is 2. The van der Waals surface area contributed by atoms with Gasteiger partial charge in [0.2, 0.25) is 0 Å². The molecule has 0 unspecified atom stereocenters. The van der Waals surface area contributed by atoms with E-state index in [1.165, 1.54) is 25.5 Å². The van der Waals surface area contributed by atoms with Gasteiger partial charge >= 0.3 is 5.69 Å². The number of carbonyl (C=O) groups excluding carboxylic acids is 1. The van der Waals surface area contributed by atoms with Crippen LogP contribution in [-0.2, 0) is 4.79 Å². The average molecular weight is 408 g/mol. The Balaban J connectivity index is 1.89. The van der Waals surface area contributed by atoms with Gasteiger partial charge in [0.15, 0.2) is 12.4 Å². The first-order valence-corrected chi connectivity index (χ1v) is 7.81. The van der Waals surface area contributed by atoms with Crippen molar-refractivity contribution in [2.75, 3.05) is 13.7 Å². The number of hydrogen-bond donors (Lipinski definition) is 1. The van der Waals surface area contributed by atoms with Crippen molar-refractivity contribution in [1.82, 2.24) is 5.43 Å². The normalized spacial score (nSPS) is 10.5. The topological polar surface area (TPSA) is 103 Å². The molecule has 1 N–H and O–H groups in total. The number of halogens is 1. The van der Waals surface area contributed by atoms with Gasteiger partial charge in [-0.3, -0.25) is 14.9 Å². The summed E-state index contributed by atoms with van der Waals surface area (Å²) >= 11 is 3.30. The van der Waals surface area contributed by atoms with E-state index in [1.807, 2.05) is 0 Å². The predicted molar refractivity (Wildman–Crippen MR) is 95.0 cm³/mol. The summed E-state index contributed by atoms with van der Waals surface area (Å²) in [5.41, 5.74) is 2.55. The number of carbonyl (C=O) groups is 1. The van der Waals surface area contributed by atoms with Crippen molar-refractivity contribution in [3.8, 4) is 11.5 Å². The van der Waals surface area contributed by atoms with Crippen LogP contribution in [0, 0.1) is 10.1 Å². The van der Waals surface area contributed by atoms with Crippen LogP contribution in [0.4, 0.5) is 5.69 Å². The fraction of sp³-hybridized carbons (Fsp3) is 0.125. The van der Waals surface area contributed by atoms with E-state index in [2.05, 4.69) is 26.5 Å². The molecule has 2 aromatic rings. The summed E-state index contributed by atoms with van der Waals surface area (Å²) in [5, 5.41) is 14.7. The van der Waals surface area contributed by atoms with Gasteiger partial charge in [0.25, 0.3) is 5.91 Å². The summed E-state index contributed by atoms with van der Waals surface area (Å²) in [7, 11) is 1.35. The van der Waals surface area contributed by atoms with Crippen LogP contribution in [0.2, 0.25) is 0 Å². The molecule has 0 fully saturated rings. The van der Waals surface area contributed by atoms with E-state index in [0.717, 1.165) is 4.47 Å². The van der Waals surface area contributed by atoms with Crippen LogP contribution in [-0.4, -0.2) is 30.8 Å². The minimum absolute atomic E-state index is 0.147. The number of hydrogen-bond acceptors (Lipinski definition) is 6. The van der Waals surface area contributed by atoms with Gasteiger partial charge in [-0.25, -0.2) is 5.43 Å². The van der Waals surface area contributed by atoms with Crippen molar-refractivity contribution in [3.05, 3.63) is 62.6 Å². The quantitative estimate of drug-likeness (QED) is 0.431. The number of nitro groups is 1. The third-order valence-electron chi connectivity index (χ3n) is 2.99. The van der Waals surface area contributed by atoms with Gasteiger partial charge in [0.05, 0.1) is 18.2 Å². The molecule has 0 aliphatic rings. The number of methoxy groups -OCH3 is 1. The molecule has 0 saturated carbocycles. The van der Waals surface area contributed by atoms with Crippen molar-refractivity contribution in [2.24, 2.45) is 5.10 Å². The lowest BCUT2D eigenvalue weighted by Crippen LogP contribution is -2.24. The number of nitro benzene ring substituents is 1. The maximum atomic E-state index is 11.7. The Labute approximate surface area is 151 Å². The van der Waals surface area contributed by atoms with Crippen molar-refractivity contribution >= 4 is 33.7 Å². The zero-order valence-electron chi connectivity index (χ0n) is 13.1. The van der Waals surface area contributed by atoms with Crippen LogP contribution in [0.5, 0.6) is 11.5 Å².